The zero-order valence-electron chi connectivity index (χ0n) is 7.91. The number of ether oxygens (including phenoxy) is 1. The van der Waals surface area contributed by atoms with E-state index in [1.54, 1.807) is 0 Å². The molecule has 1 heterocycles. The second kappa shape index (κ2) is 3.51. The summed E-state index contributed by atoms with van der Waals surface area (Å²) in [5, 5.41) is 10.8. The summed E-state index contributed by atoms with van der Waals surface area (Å²) in [6.45, 7) is 4.24. The molecule has 4 N–H and O–H groups in total. The Morgan fingerprint density at radius 1 is 1.69 bits per heavy atom. The Hall–Kier alpha value is -0.810. The SMILES string of the molecule is CC1(C)C[C@H](N)[C@@H](NC(=O)O)CO1. The second-order valence-corrected chi connectivity index (χ2v) is 3.99. The van der Waals surface area contributed by atoms with E-state index in [-0.39, 0.29) is 17.7 Å². The first kappa shape index (κ1) is 10.3. The van der Waals surface area contributed by atoms with Crippen molar-refractivity contribution in [2.45, 2.75) is 38.0 Å². The molecule has 1 amide bonds. The number of carboxylic acid groups (broad SMARTS) is 1. The summed E-state index contributed by atoms with van der Waals surface area (Å²) in [4.78, 5) is 10.4. The standard InChI is InChI=1S/C8H16N2O3/c1-8(2)3-5(9)6(4-13-8)10-7(11)12/h5-6,10H,3-4,9H2,1-2H3,(H,11,12)/t5-,6-/m0/s1. The van der Waals surface area contributed by atoms with Gasteiger partial charge in [-0.2, -0.15) is 0 Å². The molecule has 1 fully saturated rings. The number of carbonyl (C=O) groups is 1. The lowest BCUT2D eigenvalue weighted by molar-refractivity contribution is -0.0716. The van der Waals surface area contributed by atoms with Gasteiger partial charge in [-0.15, -0.1) is 0 Å². The first-order valence-electron chi connectivity index (χ1n) is 4.30. The molecular weight excluding hydrogens is 172 g/mol. The van der Waals surface area contributed by atoms with Gasteiger partial charge in [0.25, 0.3) is 0 Å². The fraction of sp³-hybridized carbons (Fsp3) is 0.875. The van der Waals surface area contributed by atoms with Crippen LogP contribution in [0.25, 0.3) is 0 Å². The van der Waals surface area contributed by atoms with Gasteiger partial charge >= 0.3 is 6.09 Å². The molecule has 13 heavy (non-hydrogen) atoms. The molecule has 1 aliphatic heterocycles. The van der Waals surface area contributed by atoms with Gasteiger partial charge in [-0.3, -0.25) is 0 Å². The number of nitrogens with one attached hydrogen (secondary N) is 1. The highest BCUT2D eigenvalue weighted by Crippen LogP contribution is 2.22. The van der Waals surface area contributed by atoms with Crippen molar-refractivity contribution in [3.8, 4) is 0 Å². The third-order valence-corrected chi connectivity index (χ3v) is 2.21. The van der Waals surface area contributed by atoms with Crippen LogP contribution in [0.4, 0.5) is 4.79 Å². The molecule has 0 unspecified atom stereocenters. The van der Waals surface area contributed by atoms with Gasteiger partial charge in [-0.05, 0) is 20.3 Å². The molecule has 1 aliphatic rings. The number of hydrogen-bond donors (Lipinski definition) is 3. The van der Waals surface area contributed by atoms with Crippen molar-refractivity contribution in [2.24, 2.45) is 5.73 Å². The Bertz CT molecular complexity index is 206. The normalized spacial score (nSPS) is 32.5. The quantitative estimate of drug-likeness (QED) is 0.546. The van der Waals surface area contributed by atoms with Crippen molar-refractivity contribution < 1.29 is 14.6 Å². The highest BCUT2D eigenvalue weighted by molar-refractivity contribution is 5.65. The van der Waals surface area contributed by atoms with E-state index in [9.17, 15) is 4.79 Å². The van der Waals surface area contributed by atoms with Gasteiger partial charge < -0.3 is 20.9 Å². The Morgan fingerprint density at radius 2 is 2.31 bits per heavy atom. The van der Waals surface area contributed by atoms with E-state index in [0.29, 0.717) is 13.0 Å². The predicted octanol–water partition coefficient (Wildman–Crippen LogP) is 0.149. The monoisotopic (exact) mass is 188 g/mol. The maximum absolute atomic E-state index is 10.4. The molecule has 0 aromatic heterocycles. The molecule has 5 nitrogen and oxygen atoms in total. The number of rotatable bonds is 1. The lowest BCUT2D eigenvalue weighted by Gasteiger charge is -2.38. The fourth-order valence-corrected chi connectivity index (χ4v) is 1.52. The lowest BCUT2D eigenvalue weighted by atomic mass is 9.91. The van der Waals surface area contributed by atoms with Gasteiger partial charge in [0.05, 0.1) is 18.2 Å². The van der Waals surface area contributed by atoms with E-state index < -0.39 is 6.09 Å². The van der Waals surface area contributed by atoms with Crippen molar-refractivity contribution in [3.05, 3.63) is 0 Å². The summed E-state index contributed by atoms with van der Waals surface area (Å²) >= 11 is 0. The number of nitrogens with two attached hydrogens (primary N) is 1. The van der Waals surface area contributed by atoms with Crippen molar-refractivity contribution in [1.82, 2.24) is 5.32 Å². The first-order chi connectivity index (χ1) is 5.91. The van der Waals surface area contributed by atoms with E-state index in [0.717, 1.165) is 0 Å². The maximum atomic E-state index is 10.4. The zero-order chi connectivity index (χ0) is 10.1. The minimum absolute atomic E-state index is 0.167. The van der Waals surface area contributed by atoms with Gasteiger partial charge in [0.15, 0.2) is 0 Å². The molecule has 0 aromatic carbocycles. The average Bonchev–Trinajstić information content (AvgIpc) is 1.93. The van der Waals surface area contributed by atoms with Crippen LogP contribution >= 0.6 is 0 Å². The molecule has 0 radical (unpaired) electrons. The molecule has 0 bridgehead atoms. The largest absolute Gasteiger partial charge is 0.465 e. The maximum Gasteiger partial charge on any atom is 0.405 e. The second-order valence-electron chi connectivity index (χ2n) is 3.99. The molecule has 76 valence electrons. The van der Waals surface area contributed by atoms with Crippen LogP contribution in [0.2, 0.25) is 0 Å². The minimum Gasteiger partial charge on any atom is -0.465 e. The van der Waals surface area contributed by atoms with Crippen LogP contribution in [0.15, 0.2) is 0 Å². The van der Waals surface area contributed by atoms with E-state index in [1.165, 1.54) is 0 Å². The summed E-state index contributed by atoms with van der Waals surface area (Å²) in [5.74, 6) is 0. The predicted molar refractivity (Wildman–Crippen MR) is 47.6 cm³/mol. The Labute approximate surface area is 77.2 Å². The van der Waals surface area contributed by atoms with Crippen LogP contribution in [0, 0.1) is 0 Å². The molecule has 0 saturated carbocycles. The molecule has 0 spiro atoms. The lowest BCUT2D eigenvalue weighted by Crippen LogP contribution is -2.57. The average molecular weight is 188 g/mol. The molecule has 0 aliphatic carbocycles. The van der Waals surface area contributed by atoms with Gasteiger partial charge in [0.2, 0.25) is 0 Å². The Balaban J connectivity index is 2.49. The molecule has 1 rings (SSSR count). The minimum atomic E-state index is -1.05. The van der Waals surface area contributed by atoms with Gasteiger partial charge in [0.1, 0.15) is 0 Å². The molecule has 0 aromatic rings. The highest BCUT2D eigenvalue weighted by atomic mass is 16.5. The molecule has 2 atom stereocenters. The van der Waals surface area contributed by atoms with Crippen LogP contribution in [-0.4, -0.2) is 35.5 Å². The molecule has 5 heteroatoms. The van der Waals surface area contributed by atoms with Crippen molar-refractivity contribution in [1.29, 1.82) is 0 Å². The Morgan fingerprint density at radius 3 is 2.77 bits per heavy atom. The fourth-order valence-electron chi connectivity index (χ4n) is 1.52. The van der Waals surface area contributed by atoms with Crippen LogP contribution in [0.5, 0.6) is 0 Å². The number of hydrogen-bond acceptors (Lipinski definition) is 3. The van der Waals surface area contributed by atoms with Gasteiger partial charge in [-0.25, -0.2) is 4.79 Å². The van der Waals surface area contributed by atoms with Gasteiger partial charge in [0, 0.05) is 6.04 Å². The van der Waals surface area contributed by atoms with E-state index in [2.05, 4.69) is 5.32 Å². The van der Waals surface area contributed by atoms with E-state index in [4.69, 9.17) is 15.6 Å². The van der Waals surface area contributed by atoms with Crippen molar-refractivity contribution in [3.63, 3.8) is 0 Å². The summed E-state index contributed by atoms with van der Waals surface area (Å²) in [6.07, 6.45) is -0.387. The van der Waals surface area contributed by atoms with E-state index >= 15 is 0 Å². The van der Waals surface area contributed by atoms with Crippen LogP contribution in [0.1, 0.15) is 20.3 Å². The van der Waals surface area contributed by atoms with Gasteiger partial charge in [-0.1, -0.05) is 0 Å². The topological polar surface area (TPSA) is 84.6 Å². The molecular formula is C8H16N2O3. The third kappa shape index (κ3) is 2.86. The van der Waals surface area contributed by atoms with Crippen molar-refractivity contribution >= 4 is 6.09 Å². The highest BCUT2D eigenvalue weighted by Gasteiger charge is 2.34. The summed E-state index contributed by atoms with van der Waals surface area (Å²) in [7, 11) is 0. The Kier molecular flexibility index (Phi) is 2.77. The van der Waals surface area contributed by atoms with Crippen LogP contribution in [-0.2, 0) is 4.74 Å². The first-order valence-corrected chi connectivity index (χ1v) is 4.30. The van der Waals surface area contributed by atoms with E-state index in [1.807, 2.05) is 13.8 Å². The smallest absolute Gasteiger partial charge is 0.405 e. The summed E-state index contributed by atoms with van der Waals surface area (Å²) in [6, 6.07) is -0.453. The molecule has 1 saturated heterocycles. The van der Waals surface area contributed by atoms with Crippen LogP contribution < -0.4 is 11.1 Å². The number of amides is 1. The van der Waals surface area contributed by atoms with Crippen LogP contribution in [0.3, 0.4) is 0 Å². The summed E-state index contributed by atoms with van der Waals surface area (Å²) < 4.78 is 5.44. The summed E-state index contributed by atoms with van der Waals surface area (Å²) in [5.41, 5.74) is 5.56. The van der Waals surface area contributed by atoms with Crippen molar-refractivity contribution in [2.75, 3.05) is 6.61 Å². The third-order valence-electron chi connectivity index (χ3n) is 2.21. The zero-order valence-corrected chi connectivity index (χ0v) is 7.91.